The minimum Gasteiger partial charge on any atom is -0.310 e. The summed E-state index contributed by atoms with van der Waals surface area (Å²) in [5.74, 6) is 0.0649. The number of amides is 1. The highest BCUT2D eigenvalue weighted by Gasteiger charge is 2.12. The molecule has 1 aromatic carbocycles. The van der Waals surface area contributed by atoms with E-state index in [9.17, 15) is 9.18 Å². The van der Waals surface area contributed by atoms with Gasteiger partial charge < -0.3 is 10.6 Å². The Balaban J connectivity index is 1.91. The second-order valence-corrected chi connectivity index (χ2v) is 5.52. The standard InChI is InChI=1S/C15H18ClFN4O/c1-9-6-14(21(3)20-9)19-15(22)8-18-10(2)12-5-4-11(17)7-13(12)16/h4-7,10,18H,8H2,1-3H3,(H,19,22)/t10-/m1/s1. The summed E-state index contributed by atoms with van der Waals surface area (Å²) in [5, 5.41) is 10.3. The number of rotatable bonds is 5. The van der Waals surface area contributed by atoms with E-state index in [-0.39, 0.29) is 24.3 Å². The predicted octanol–water partition coefficient (Wildman–Crippen LogP) is 2.81. The number of nitrogens with zero attached hydrogens (tertiary/aromatic N) is 2. The molecule has 2 N–H and O–H groups in total. The summed E-state index contributed by atoms with van der Waals surface area (Å²) in [6.45, 7) is 3.83. The minimum atomic E-state index is -0.384. The van der Waals surface area contributed by atoms with Gasteiger partial charge in [0.25, 0.3) is 0 Å². The van der Waals surface area contributed by atoms with E-state index in [0.717, 1.165) is 11.3 Å². The Kier molecular flexibility index (Phi) is 5.15. The SMILES string of the molecule is Cc1cc(NC(=O)CN[C@H](C)c2ccc(F)cc2Cl)n(C)n1. The molecule has 2 rings (SSSR count). The van der Waals surface area contributed by atoms with Crippen LogP contribution < -0.4 is 10.6 Å². The van der Waals surface area contributed by atoms with Gasteiger partial charge in [0, 0.05) is 24.2 Å². The average molecular weight is 325 g/mol. The van der Waals surface area contributed by atoms with Crippen LogP contribution in [0.2, 0.25) is 5.02 Å². The van der Waals surface area contributed by atoms with Crippen molar-refractivity contribution >= 4 is 23.3 Å². The summed E-state index contributed by atoms with van der Waals surface area (Å²) in [4.78, 5) is 11.9. The third-order valence-corrected chi connectivity index (χ3v) is 3.59. The number of aryl methyl sites for hydroxylation is 2. The number of carbonyl (C=O) groups excluding carboxylic acids is 1. The molecule has 118 valence electrons. The van der Waals surface area contributed by atoms with Crippen molar-refractivity contribution in [3.63, 3.8) is 0 Å². The molecule has 0 saturated heterocycles. The molecule has 0 aliphatic heterocycles. The van der Waals surface area contributed by atoms with E-state index in [2.05, 4.69) is 15.7 Å². The monoisotopic (exact) mass is 324 g/mol. The number of carbonyl (C=O) groups is 1. The molecule has 1 atom stereocenters. The minimum absolute atomic E-state index is 0.110. The van der Waals surface area contributed by atoms with Gasteiger partial charge in [-0.3, -0.25) is 9.48 Å². The molecule has 2 aromatic rings. The van der Waals surface area contributed by atoms with Gasteiger partial charge in [-0.1, -0.05) is 17.7 Å². The summed E-state index contributed by atoms with van der Waals surface area (Å²) in [6, 6.07) is 5.83. The fraction of sp³-hybridized carbons (Fsp3) is 0.333. The molecule has 7 heteroatoms. The van der Waals surface area contributed by atoms with Crippen LogP contribution in [0.4, 0.5) is 10.2 Å². The van der Waals surface area contributed by atoms with Crippen LogP contribution in [-0.4, -0.2) is 22.2 Å². The smallest absolute Gasteiger partial charge is 0.239 e. The summed E-state index contributed by atoms with van der Waals surface area (Å²) < 4.78 is 14.6. The molecular formula is C15H18ClFN4O. The van der Waals surface area contributed by atoms with E-state index < -0.39 is 0 Å². The first-order valence-corrected chi connectivity index (χ1v) is 7.23. The molecule has 5 nitrogen and oxygen atoms in total. The van der Waals surface area contributed by atoms with Gasteiger partial charge in [0.1, 0.15) is 11.6 Å². The van der Waals surface area contributed by atoms with Crippen molar-refractivity contribution in [2.45, 2.75) is 19.9 Å². The lowest BCUT2D eigenvalue weighted by Gasteiger charge is -2.15. The van der Waals surface area contributed by atoms with Crippen LogP contribution in [0, 0.1) is 12.7 Å². The Labute approximate surface area is 133 Å². The Morgan fingerprint density at radius 3 is 2.77 bits per heavy atom. The van der Waals surface area contributed by atoms with Crippen molar-refractivity contribution in [1.29, 1.82) is 0 Å². The third-order valence-electron chi connectivity index (χ3n) is 3.27. The Morgan fingerprint density at radius 2 is 2.18 bits per heavy atom. The molecule has 0 aliphatic rings. The van der Waals surface area contributed by atoms with Crippen LogP contribution in [0.15, 0.2) is 24.3 Å². The lowest BCUT2D eigenvalue weighted by atomic mass is 10.1. The number of nitrogens with one attached hydrogen (secondary N) is 2. The maximum Gasteiger partial charge on any atom is 0.239 e. The number of aromatic nitrogens is 2. The molecule has 1 aromatic heterocycles. The predicted molar refractivity (Wildman–Crippen MR) is 84.4 cm³/mol. The fourth-order valence-corrected chi connectivity index (χ4v) is 2.45. The molecule has 0 fully saturated rings. The maximum absolute atomic E-state index is 13.0. The highest BCUT2D eigenvalue weighted by Crippen LogP contribution is 2.23. The van der Waals surface area contributed by atoms with Gasteiger partial charge in [-0.15, -0.1) is 0 Å². The van der Waals surface area contributed by atoms with E-state index >= 15 is 0 Å². The molecule has 0 spiro atoms. The van der Waals surface area contributed by atoms with E-state index in [1.807, 2.05) is 13.8 Å². The van der Waals surface area contributed by atoms with Gasteiger partial charge in [-0.2, -0.15) is 5.10 Å². The van der Waals surface area contributed by atoms with Crippen molar-refractivity contribution in [1.82, 2.24) is 15.1 Å². The van der Waals surface area contributed by atoms with Gasteiger partial charge in [0.15, 0.2) is 0 Å². The molecule has 0 unspecified atom stereocenters. The average Bonchev–Trinajstić information content (AvgIpc) is 2.74. The Morgan fingerprint density at radius 1 is 1.45 bits per heavy atom. The molecule has 22 heavy (non-hydrogen) atoms. The first kappa shape index (κ1) is 16.5. The van der Waals surface area contributed by atoms with Crippen LogP contribution in [-0.2, 0) is 11.8 Å². The van der Waals surface area contributed by atoms with E-state index in [1.165, 1.54) is 12.1 Å². The number of benzene rings is 1. The maximum atomic E-state index is 13.0. The highest BCUT2D eigenvalue weighted by molar-refractivity contribution is 6.31. The van der Waals surface area contributed by atoms with E-state index in [4.69, 9.17) is 11.6 Å². The van der Waals surface area contributed by atoms with E-state index in [1.54, 1.807) is 23.9 Å². The molecule has 0 radical (unpaired) electrons. The van der Waals surface area contributed by atoms with Crippen molar-refractivity contribution in [2.75, 3.05) is 11.9 Å². The van der Waals surface area contributed by atoms with E-state index in [0.29, 0.717) is 10.8 Å². The van der Waals surface area contributed by atoms with Crippen molar-refractivity contribution < 1.29 is 9.18 Å². The first-order valence-electron chi connectivity index (χ1n) is 6.85. The second kappa shape index (κ2) is 6.89. The lowest BCUT2D eigenvalue weighted by Crippen LogP contribution is -2.30. The number of halogens is 2. The van der Waals surface area contributed by atoms with Crippen LogP contribution >= 0.6 is 11.6 Å². The van der Waals surface area contributed by atoms with Crippen LogP contribution in [0.3, 0.4) is 0 Å². The Hall–Kier alpha value is -1.92. The number of hydrogen-bond acceptors (Lipinski definition) is 3. The van der Waals surface area contributed by atoms with Gasteiger partial charge in [0.05, 0.1) is 12.2 Å². The number of anilines is 1. The number of hydrogen-bond donors (Lipinski definition) is 2. The second-order valence-electron chi connectivity index (χ2n) is 5.11. The molecule has 0 aliphatic carbocycles. The van der Waals surface area contributed by atoms with Crippen LogP contribution in [0.5, 0.6) is 0 Å². The lowest BCUT2D eigenvalue weighted by molar-refractivity contribution is -0.115. The molecule has 1 amide bonds. The molecular weight excluding hydrogens is 307 g/mol. The summed E-state index contributed by atoms with van der Waals surface area (Å²) >= 11 is 6.00. The first-order chi connectivity index (χ1) is 10.4. The zero-order valence-electron chi connectivity index (χ0n) is 12.7. The van der Waals surface area contributed by atoms with Crippen molar-refractivity contribution in [3.05, 3.63) is 46.4 Å². The van der Waals surface area contributed by atoms with Crippen LogP contribution in [0.25, 0.3) is 0 Å². The Bertz CT molecular complexity index is 686. The highest BCUT2D eigenvalue weighted by atomic mass is 35.5. The fourth-order valence-electron chi connectivity index (χ4n) is 2.12. The zero-order chi connectivity index (χ0) is 16.3. The van der Waals surface area contributed by atoms with Gasteiger partial charge >= 0.3 is 0 Å². The summed E-state index contributed by atoms with van der Waals surface area (Å²) in [5.41, 5.74) is 1.57. The summed E-state index contributed by atoms with van der Waals surface area (Å²) in [6.07, 6.45) is 0. The molecule has 0 bridgehead atoms. The normalized spacial score (nSPS) is 12.2. The topological polar surface area (TPSA) is 59.0 Å². The zero-order valence-corrected chi connectivity index (χ0v) is 13.4. The largest absolute Gasteiger partial charge is 0.310 e. The summed E-state index contributed by atoms with van der Waals surface area (Å²) in [7, 11) is 1.76. The van der Waals surface area contributed by atoms with Crippen LogP contribution in [0.1, 0.15) is 24.2 Å². The van der Waals surface area contributed by atoms with Crippen molar-refractivity contribution in [2.24, 2.45) is 7.05 Å². The van der Waals surface area contributed by atoms with Gasteiger partial charge in [-0.25, -0.2) is 4.39 Å². The van der Waals surface area contributed by atoms with Gasteiger partial charge in [0.2, 0.25) is 5.91 Å². The van der Waals surface area contributed by atoms with Crippen molar-refractivity contribution in [3.8, 4) is 0 Å². The van der Waals surface area contributed by atoms with Gasteiger partial charge in [-0.05, 0) is 31.5 Å². The molecule has 1 heterocycles. The molecule has 0 saturated carbocycles. The quantitative estimate of drug-likeness (QED) is 0.889. The third kappa shape index (κ3) is 4.05.